The molecule has 0 amide bonds. The van der Waals surface area contributed by atoms with E-state index in [1.807, 2.05) is 6.92 Å². The average molecular weight is 357 g/mol. The molecule has 3 rings (SSSR count). The maximum Gasteiger partial charge on any atom is 0.406 e. The quantitative estimate of drug-likeness (QED) is 0.853. The van der Waals surface area contributed by atoms with Gasteiger partial charge >= 0.3 is 6.18 Å². The zero-order chi connectivity index (χ0) is 17.9. The highest BCUT2D eigenvalue weighted by molar-refractivity contribution is 5.00. The lowest BCUT2D eigenvalue weighted by Crippen LogP contribution is -2.24. The number of hydrogen-bond acceptors (Lipinski definition) is 5. The van der Waals surface area contributed by atoms with Gasteiger partial charge in [0.05, 0.1) is 12.6 Å². The third-order valence-electron chi connectivity index (χ3n) is 4.52. The molecule has 0 aliphatic heterocycles. The molecule has 0 aromatic carbocycles. The van der Waals surface area contributed by atoms with Crippen molar-refractivity contribution in [2.24, 2.45) is 0 Å². The molecule has 1 aliphatic carbocycles. The van der Waals surface area contributed by atoms with Gasteiger partial charge in [-0.05, 0) is 19.8 Å². The Hall–Kier alpha value is -1.90. The summed E-state index contributed by atoms with van der Waals surface area (Å²) >= 11 is 0. The summed E-state index contributed by atoms with van der Waals surface area (Å²) in [6, 6.07) is -0.263. The largest absolute Gasteiger partial charge is 0.406 e. The Balaban J connectivity index is 1.57. The molecule has 1 aliphatic rings. The van der Waals surface area contributed by atoms with Gasteiger partial charge in [-0.1, -0.05) is 24.4 Å². The van der Waals surface area contributed by atoms with E-state index in [1.54, 1.807) is 0 Å². The van der Waals surface area contributed by atoms with Crippen LogP contribution in [-0.4, -0.2) is 25.9 Å². The van der Waals surface area contributed by atoms with E-state index < -0.39 is 12.7 Å². The van der Waals surface area contributed by atoms with Crippen LogP contribution in [0.4, 0.5) is 13.2 Å². The number of halogens is 3. The van der Waals surface area contributed by atoms with E-state index in [1.165, 1.54) is 31.7 Å². The van der Waals surface area contributed by atoms with E-state index in [4.69, 9.17) is 4.52 Å². The molecular weight excluding hydrogens is 335 g/mol. The normalized spacial score (nSPS) is 17.8. The number of rotatable bonds is 6. The van der Waals surface area contributed by atoms with Crippen LogP contribution in [0.2, 0.25) is 0 Å². The van der Waals surface area contributed by atoms with Crippen LogP contribution >= 0.6 is 0 Å². The van der Waals surface area contributed by atoms with Crippen LogP contribution in [0.5, 0.6) is 0 Å². The fourth-order valence-corrected chi connectivity index (χ4v) is 3.13. The second kappa shape index (κ2) is 7.55. The van der Waals surface area contributed by atoms with Crippen LogP contribution in [0.3, 0.4) is 0 Å². The van der Waals surface area contributed by atoms with Crippen molar-refractivity contribution in [2.75, 3.05) is 0 Å². The number of nitrogens with zero attached hydrogens (tertiary/aromatic N) is 4. The highest BCUT2D eigenvalue weighted by atomic mass is 19.4. The Morgan fingerprint density at radius 3 is 2.80 bits per heavy atom. The Bertz CT molecular complexity index is 675. The second-order valence-electron chi connectivity index (χ2n) is 6.51. The third kappa shape index (κ3) is 4.81. The van der Waals surface area contributed by atoms with Crippen LogP contribution in [0.15, 0.2) is 16.9 Å². The Morgan fingerprint density at radius 1 is 1.32 bits per heavy atom. The lowest BCUT2D eigenvalue weighted by Gasteiger charge is -2.17. The molecule has 1 unspecified atom stereocenters. The summed E-state index contributed by atoms with van der Waals surface area (Å²) in [5.41, 5.74) is 0. The van der Waals surface area contributed by atoms with E-state index in [0.29, 0.717) is 17.6 Å². The Kier molecular flexibility index (Phi) is 5.41. The standard InChI is InChI=1S/C16H22F3N5O/c1-11(15-22-14(23-25-15)12-5-3-2-4-6-12)21-9-13-20-7-8-24(13)10-16(17,18)19/h7-8,11-12,21H,2-6,9-10H2,1H3. The average Bonchev–Trinajstić information content (AvgIpc) is 3.21. The van der Waals surface area contributed by atoms with Crippen molar-refractivity contribution in [1.29, 1.82) is 0 Å². The number of nitrogens with one attached hydrogen (secondary N) is 1. The zero-order valence-electron chi connectivity index (χ0n) is 14.1. The van der Waals surface area contributed by atoms with Gasteiger partial charge in [0, 0.05) is 18.3 Å². The number of imidazole rings is 1. The minimum atomic E-state index is -4.28. The van der Waals surface area contributed by atoms with Crippen LogP contribution in [0, 0.1) is 0 Å². The lowest BCUT2D eigenvalue weighted by atomic mass is 9.89. The summed E-state index contributed by atoms with van der Waals surface area (Å²) in [6.07, 6.45) is 4.19. The molecule has 1 N–H and O–H groups in total. The fourth-order valence-electron chi connectivity index (χ4n) is 3.13. The number of hydrogen-bond donors (Lipinski definition) is 1. The molecule has 9 heteroatoms. The van der Waals surface area contributed by atoms with Crippen LogP contribution in [0.1, 0.15) is 68.5 Å². The monoisotopic (exact) mass is 357 g/mol. The molecule has 1 fully saturated rings. The molecule has 6 nitrogen and oxygen atoms in total. The predicted octanol–water partition coefficient (Wildman–Crippen LogP) is 3.73. The Labute approximate surface area is 143 Å². The molecule has 2 aromatic rings. The van der Waals surface area contributed by atoms with E-state index in [9.17, 15) is 13.2 Å². The smallest absolute Gasteiger partial charge is 0.338 e. The van der Waals surface area contributed by atoms with E-state index in [0.717, 1.165) is 23.2 Å². The highest BCUT2D eigenvalue weighted by Gasteiger charge is 2.29. The van der Waals surface area contributed by atoms with Crippen molar-refractivity contribution in [2.45, 2.75) is 70.3 Å². The molecule has 0 saturated heterocycles. The number of alkyl halides is 3. The van der Waals surface area contributed by atoms with Crippen molar-refractivity contribution in [1.82, 2.24) is 25.0 Å². The molecule has 2 heterocycles. The third-order valence-corrected chi connectivity index (χ3v) is 4.52. The van der Waals surface area contributed by atoms with Crippen LogP contribution in [0.25, 0.3) is 0 Å². The summed E-state index contributed by atoms with van der Waals surface area (Å²) in [4.78, 5) is 8.45. The van der Waals surface area contributed by atoms with Crippen molar-refractivity contribution in [3.05, 3.63) is 29.9 Å². The lowest BCUT2D eigenvalue weighted by molar-refractivity contribution is -0.141. The summed E-state index contributed by atoms with van der Waals surface area (Å²) in [6.45, 7) is 0.978. The maximum atomic E-state index is 12.5. The molecule has 138 valence electrons. The molecule has 0 radical (unpaired) electrons. The highest BCUT2D eigenvalue weighted by Crippen LogP contribution is 2.31. The SMILES string of the molecule is CC(NCc1nccn1CC(F)(F)F)c1nc(C2CCCCC2)no1. The summed E-state index contributed by atoms with van der Waals surface area (Å²) < 4.78 is 44.0. The second-order valence-corrected chi connectivity index (χ2v) is 6.51. The summed E-state index contributed by atoms with van der Waals surface area (Å²) in [7, 11) is 0. The van der Waals surface area contributed by atoms with Crippen molar-refractivity contribution < 1.29 is 17.7 Å². The molecule has 1 atom stereocenters. The van der Waals surface area contributed by atoms with E-state index >= 15 is 0 Å². The summed E-state index contributed by atoms with van der Waals surface area (Å²) in [5.74, 6) is 1.86. The van der Waals surface area contributed by atoms with Gasteiger partial charge in [0.1, 0.15) is 12.4 Å². The first-order valence-corrected chi connectivity index (χ1v) is 8.56. The molecule has 0 spiro atoms. The van der Waals surface area contributed by atoms with Gasteiger partial charge in [0.2, 0.25) is 5.89 Å². The summed E-state index contributed by atoms with van der Waals surface area (Å²) in [5, 5.41) is 7.17. The van der Waals surface area contributed by atoms with Gasteiger partial charge in [-0.3, -0.25) is 5.32 Å². The molecule has 2 aromatic heterocycles. The van der Waals surface area contributed by atoms with Gasteiger partial charge in [-0.25, -0.2) is 4.98 Å². The first-order valence-electron chi connectivity index (χ1n) is 8.56. The zero-order valence-corrected chi connectivity index (χ0v) is 14.1. The molecule has 0 bridgehead atoms. The first-order chi connectivity index (χ1) is 11.9. The van der Waals surface area contributed by atoms with Gasteiger partial charge in [-0.15, -0.1) is 0 Å². The molecule has 25 heavy (non-hydrogen) atoms. The first kappa shape index (κ1) is 17.9. The topological polar surface area (TPSA) is 68.8 Å². The van der Waals surface area contributed by atoms with Crippen molar-refractivity contribution >= 4 is 0 Å². The maximum absolute atomic E-state index is 12.5. The van der Waals surface area contributed by atoms with Gasteiger partial charge in [-0.2, -0.15) is 18.2 Å². The van der Waals surface area contributed by atoms with Crippen molar-refractivity contribution in [3.63, 3.8) is 0 Å². The van der Waals surface area contributed by atoms with Crippen molar-refractivity contribution in [3.8, 4) is 0 Å². The van der Waals surface area contributed by atoms with Crippen LogP contribution < -0.4 is 5.32 Å². The van der Waals surface area contributed by atoms with Gasteiger partial charge < -0.3 is 9.09 Å². The Morgan fingerprint density at radius 2 is 2.08 bits per heavy atom. The molecule has 1 saturated carbocycles. The van der Waals surface area contributed by atoms with Crippen LogP contribution in [-0.2, 0) is 13.1 Å². The van der Waals surface area contributed by atoms with E-state index in [2.05, 4.69) is 20.4 Å². The van der Waals surface area contributed by atoms with Gasteiger partial charge in [0.15, 0.2) is 5.82 Å². The van der Waals surface area contributed by atoms with Gasteiger partial charge in [0.25, 0.3) is 0 Å². The minimum absolute atomic E-state index is 0.186. The molecular formula is C16H22F3N5O. The predicted molar refractivity (Wildman–Crippen MR) is 83.7 cm³/mol. The minimum Gasteiger partial charge on any atom is -0.338 e. The van der Waals surface area contributed by atoms with E-state index in [-0.39, 0.29) is 12.6 Å². The number of aromatic nitrogens is 4. The fraction of sp³-hybridized carbons (Fsp3) is 0.688.